The fourth-order valence-corrected chi connectivity index (χ4v) is 1.69. The first kappa shape index (κ1) is 7.91. The largest absolute Gasteiger partial charge is 0.293 e. The van der Waals surface area contributed by atoms with E-state index < -0.39 is 0 Å². The second-order valence-corrected chi connectivity index (χ2v) is 2.99. The molecule has 0 saturated carbocycles. The van der Waals surface area contributed by atoms with Crippen LogP contribution in [-0.4, -0.2) is 43.6 Å². The van der Waals surface area contributed by atoms with E-state index in [9.17, 15) is 0 Å². The highest BCUT2D eigenvalue weighted by Gasteiger charge is 2.28. The Balaban J connectivity index is 2.11. The molecular weight excluding hydrogens is 152 g/mol. The molecule has 0 bridgehead atoms. The van der Waals surface area contributed by atoms with Crippen LogP contribution < -0.4 is 10.7 Å². The number of piperazine rings is 1. The summed E-state index contributed by atoms with van der Waals surface area (Å²) in [5, 5.41) is 5.56. The average molecular weight is 166 g/mol. The fourth-order valence-electron chi connectivity index (χ4n) is 1.69. The molecule has 1 fully saturated rings. The maximum atomic E-state index is 4.35. The number of hydrazine groups is 1. The molecule has 0 aliphatic carbocycles. The van der Waals surface area contributed by atoms with Crippen LogP contribution in [0.2, 0.25) is 0 Å². The number of hydrogen-bond acceptors (Lipinski definition) is 4. The molecule has 2 aliphatic rings. The molecule has 2 atom stereocenters. The van der Waals surface area contributed by atoms with Gasteiger partial charge >= 0.3 is 0 Å². The number of allylic oxidation sites excluding steroid dienone is 1. The van der Waals surface area contributed by atoms with Gasteiger partial charge in [-0.1, -0.05) is 6.08 Å². The summed E-state index contributed by atoms with van der Waals surface area (Å²) in [4.78, 5) is 4.35. The Morgan fingerprint density at radius 3 is 3.42 bits per heavy atom. The van der Waals surface area contributed by atoms with Crippen molar-refractivity contribution in [2.45, 2.75) is 12.2 Å². The van der Waals surface area contributed by atoms with Crippen LogP contribution in [0.15, 0.2) is 17.1 Å². The van der Waals surface area contributed by atoms with Crippen molar-refractivity contribution >= 4 is 6.21 Å². The minimum atomic E-state index is 0.233. The van der Waals surface area contributed by atoms with Gasteiger partial charge in [0, 0.05) is 19.3 Å². The molecule has 12 heavy (non-hydrogen) atoms. The SMILES string of the molecule is CNN1CCNC2N=CC=CC21. The first-order valence-corrected chi connectivity index (χ1v) is 4.29. The van der Waals surface area contributed by atoms with Gasteiger partial charge in [0.1, 0.15) is 6.17 Å². The van der Waals surface area contributed by atoms with Crippen LogP contribution in [0.5, 0.6) is 0 Å². The maximum absolute atomic E-state index is 4.35. The standard InChI is InChI=1S/C8H14N4/c1-9-12-6-5-11-8-7(12)3-2-4-10-8/h2-4,7-9,11H,5-6H2,1H3. The van der Waals surface area contributed by atoms with Gasteiger partial charge in [-0.05, 0) is 13.1 Å². The van der Waals surface area contributed by atoms with Crippen LogP contribution in [0.4, 0.5) is 0 Å². The van der Waals surface area contributed by atoms with Crippen LogP contribution in [0.1, 0.15) is 0 Å². The van der Waals surface area contributed by atoms with Crippen molar-refractivity contribution in [2.75, 3.05) is 20.1 Å². The van der Waals surface area contributed by atoms with Crippen molar-refractivity contribution < 1.29 is 0 Å². The van der Waals surface area contributed by atoms with E-state index in [0.717, 1.165) is 13.1 Å². The highest BCUT2D eigenvalue weighted by atomic mass is 15.5. The third kappa shape index (κ3) is 1.29. The van der Waals surface area contributed by atoms with Gasteiger partial charge in [0.05, 0.1) is 6.04 Å². The van der Waals surface area contributed by atoms with E-state index in [-0.39, 0.29) is 6.17 Å². The number of nitrogens with one attached hydrogen (secondary N) is 2. The molecule has 4 heteroatoms. The van der Waals surface area contributed by atoms with Crippen LogP contribution in [0.25, 0.3) is 0 Å². The fraction of sp³-hybridized carbons (Fsp3) is 0.625. The summed E-state index contributed by atoms with van der Waals surface area (Å²) in [7, 11) is 1.95. The molecule has 0 radical (unpaired) electrons. The summed E-state index contributed by atoms with van der Waals surface area (Å²) in [5.74, 6) is 0. The molecule has 66 valence electrons. The third-order valence-corrected chi connectivity index (χ3v) is 2.32. The minimum Gasteiger partial charge on any atom is -0.293 e. The van der Waals surface area contributed by atoms with Crippen molar-refractivity contribution in [1.29, 1.82) is 0 Å². The Kier molecular flexibility index (Phi) is 2.21. The highest BCUT2D eigenvalue weighted by Crippen LogP contribution is 2.11. The van der Waals surface area contributed by atoms with Crippen molar-refractivity contribution in [3.63, 3.8) is 0 Å². The summed E-state index contributed by atoms with van der Waals surface area (Å²) in [5.41, 5.74) is 3.17. The number of hydrogen-bond donors (Lipinski definition) is 2. The predicted octanol–water partition coefficient (Wildman–Crippen LogP) is -0.639. The number of nitrogens with zero attached hydrogens (tertiary/aromatic N) is 2. The second-order valence-electron chi connectivity index (χ2n) is 2.99. The predicted molar refractivity (Wildman–Crippen MR) is 49.0 cm³/mol. The van der Waals surface area contributed by atoms with Crippen LogP contribution in [-0.2, 0) is 0 Å². The Morgan fingerprint density at radius 1 is 1.67 bits per heavy atom. The topological polar surface area (TPSA) is 39.7 Å². The van der Waals surface area contributed by atoms with E-state index in [1.807, 2.05) is 19.3 Å². The molecule has 0 aromatic rings. The first-order chi connectivity index (χ1) is 5.92. The normalized spacial score (nSPS) is 35.1. The second kappa shape index (κ2) is 3.35. The number of aliphatic imine (C=N–C) groups is 1. The summed E-state index contributed by atoms with van der Waals surface area (Å²) in [6.45, 7) is 2.02. The van der Waals surface area contributed by atoms with E-state index in [1.165, 1.54) is 0 Å². The van der Waals surface area contributed by atoms with E-state index in [0.29, 0.717) is 6.04 Å². The Hall–Kier alpha value is -0.710. The van der Waals surface area contributed by atoms with Crippen LogP contribution >= 0.6 is 0 Å². The molecule has 0 amide bonds. The zero-order valence-electron chi connectivity index (χ0n) is 7.20. The third-order valence-electron chi connectivity index (χ3n) is 2.32. The number of dihydropyridines is 1. The van der Waals surface area contributed by atoms with E-state index >= 15 is 0 Å². The molecule has 2 heterocycles. The van der Waals surface area contributed by atoms with E-state index in [1.54, 1.807) is 0 Å². The number of fused-ring (bicyclic) bond motifs is 1. The van der Waals surface area contributed by atoms with Crippen LogP contribution in [0.3, 0.4) is 0 Å². The molecule has 0 spiro atoms. The zero-order chi connectivity index (χ0) is 8.39. The van der Waals surface area contributed by atoms with Crippen molar-refractivity contribution in [3.05, 3.63) is 12.2 Å². The molecule has 0 aromatic heterocycles. The van der Waals surface area contributed by atoms with Crippen molar-refractivity contribution in [2.24, 2.45) is 4.99 Å². The zero-order valence-corrected chi connectivity index (χ0v) is 7.20. The lowest BCUT2D eigenvalue weighted by Gasteiger charge is -2.38. The summed E-state index contributed by atoms with van der Waals surface area (Å²) >= 11 is 0. The van der Waals surface area contributed by atoms with Crippen LogP contribution in [0, 0.1) is 0 Å². The summed E-state index contributed by atoms with van der Waals surface area (Å²) in [6.07, 6.45) is 6.25. The Morgan fingerprint density at radius 2 is 2.58 bits per heavy atom. The minimum absolute atomic E-state index is 0.233. The summed E-state index contributed by atoms with van der Waals surface area (Å²) < 4.78 is 0. The molecule has 2 aliphatic heterocycles. The maximum Gasteiger partial charge on any atom is 0.120 e. The van der Waals surface area contributed by atoms with Gasteiger partial charge in [-0.3, -0.25) is 15.7 Å². The first-order valence-electron chi connectivity index (χ1n) is 4.29. The van der Waals surface area contributed by atoms with Gasteiger partial charge in [-0.15, -0.1) is 0 Å². The molecule has 1 saturated heterocycles. The van der Waals surface area contributed by atoms with Gasteiger partial charge in [-0.2, -0.15) is 0 Å². The molecule has 2 N–H and O–H groups in total. The molecule has 2 rings (SSSR count). The van der Waals surface area contributed by atoms with Gasteiger partial charge < -0.3 is 0 Å². The Labute approximate surface area is 72.3 Å². The van der Waals surface area contributed by atoms with Gasteiger partial charge in [-0.25, -0.2) is 5.01 Å². The molecule has 0 aromatic carbocycles. The quantitative estimate of drug-likeness (QED) is 0.544. The lowest BCUT2D eigenvalue weighted by molar-refractivity contribution is 0.106. The van der Waals surface area contributed by atoms with Gasteiger partial charge in [0.2, 0.25) is 0 Å². The Bertz CT molecular complexity index is 211. The summed E-state index contributed by atoms with van der Waals surface area (Å²) in [6, 6.07) is 0.369. The van der Waals surface area contributed by atoms with E-state index in [2.05, 4.69) is 26.8 Å². The average Bonchev–Trinajstić information content (AvgIpc) is 2.17. The monoisotopic (exact) mass is 166 g/mol. The van der Waals surface area contributed by atoms with Gasteiger partial charge in [0.15, 0.2) is 0 Å². The molecular formula is C8H14N4. The number of rotatable bonds is 1. The molecule has 2 unspecified atom stereocenters. The highest BCUT2D eigenvalue weighted by molar-refractivity contribution is 5.72. The smallest absolute Gasteiger partial charge is 0.120 e. The lowest BCUT2D eigenvalue weighted by Crippen LogP contribution is -2.60. The van der Waals surface area contributed by atoms with E-state index in [4.69, 9.17) is 0 Å². The lowest BCUT2D eigenvalue weighted by atomic mass is 10.1. The van der Waals surface area contributed by atoms with Crippen molar-refractivity contribution in [3.8, 4) is 0 Å². The van der Waals surface area contributed by atoms with Gasteiger partial charge in [0.25, 0.3) is 0 Å². The molecule has 4 nitrogen and oxygen atoms in total. The van der Waals surface area contributed by atoms with Crippen molar-refractivity contribution in [1.82, 2.24) is 15.8 Å².